The zero-order valence-electron chi connectivity index (χ0n) is 13.1. The van der Waals surface area contributed by atoms with Crippen molar-refractivity contribution in [3.63, 3.8) is 0 Å². The molecule has 3 heterocycles. The van der Waals surface area contributed by atoms with Crippen LogP contribution in [0.1, 0.15) is 40.7 Å². The molecule has 0 aromatic carbocycles. The number of aromatic nitrogens is 3. The normalized spacial score (nSPS) is 17.6. The SMILES string of the molecule is COCCc1cnc2n1CCN(C(=O)c1cc(C)on1)[C@H]2C. The predicted molar refractivity (Wildman–Crippen MR) is 78.5 cm³/mol. The van der Waals surface area contributed by atoms with Gasteiger partial charge < -0.3 is 18.7 Å². The molecule has 7 heteroatoms. The number of methoxy groups -OCH3 is 1. The Morgan fingerprint density at radius 1 is 1.50 bits per heavy atom. The maximum absolute atomic E-state index is 12.6. The fraction of sp³-hybridized carbons (Fsp3) is 0.533. The summed E-state index contributed by atoms with van der Waals surface area (Å²) < 4.78 is 12.3. The van der Waals surface area contributed by atoms with Crippen molar-refractivity contribution in [1.82, 2.24) is 19.6 Å². The summed E-state index contributed by atoms with van der Waals surface area (Å²) in [4.78, 5) is 18.8. The third-order valence-corrected chi connectivity index (χ3v) is 4.05. The molecule has 0 fully saturated rings. The van der Waals surface area contributed by atoms with E-state index >= 15 is 0 Å². The number of amides is 1. The highest BCUT2D eigenvalue weighted by Crippen LogP contribution is 2.27. The monoisotopic (exact) mass is 304 g/mol. The molecule has 1 amide bonds. The van der Waals surface area contributed by atoms with Crippen molar-refractivity contribution in [1.29, 1.82) is 0 Å². The minimum absolute atomic E-state index is 0.0884. The Hall–Kier alpha value is -2.15. The number of nitrogens with zero attached hydrogens (tertiary/aromatic N) is 4. The Balaban J connectivity index is 1.81. The minimum atomic E-state index is -0.114. The molecule has 0 spiro atoms. The van der Waals surface area contributed by atoms with Gasteiger partial charge in [-0.1, -0.05) is 5.16 Å². The highest BCUT2D eigenvalue weighted by atomic mass is 16.5. The van der Waals surface area contributed by atoms with Gasteiger partial charge in [0.2, 0.25) is 0 Å². The van der Waals surface area contributed by atoms with Gasteiger partial charge in [0.1, 0.15) is 11.6 Å². The van der Waals surface area contributed by atoms with Crippen LogP contribution in [0.25, 0.3) is 0 Å². The van der Waals surface area contributed by atoms with Crippen molar-refractivity contribution in [3.8, 4) is 0 Å². The highest BCUT2D eigenvalue weighted by molar-refractivity contribution is 5.92. The van der Waals surface area contributed by atoms with Crippen LogP contribution in [0.5, 0.6) is 0 Å². The van der Waals surface area contributed by atoms with E-state index in [4.69, 9.17) is 9.26 Å². The average Bonchev–Trinajstić information content (AvgIpc) is 3.12. The lowest BCUT2D eigenvalue weighted by Gasteiger charge is -2.34. The molecule has 22 heavy (non-hydrogen) atoms. The average molecular weight is 304 g/mol. The number of aryl methyl sites for hydroxylation is 1. The smallest absolute Gasteiger partial charge is 0.276 e. The van der Waals surface area contributed by atoms with E-state index in [2.05, 4.69) is 14.7 Å². The first-order chi connectivity index (χ1) is 10.6. The predicted octanol–water partition coefficient (Wildman–Crippen LogP) is 1.59. The highest BCUT2D eigenvalue weighted by Gasteiger charge is 2.31. The maximum atomic E-state index is 12.6. The first-order valence-electron chi connectivity index (χ1n) is 7.39. The lowest BCUT2D eigenvalue weighted by atomic mass is 10.2. The number of imidazole rings is 1. The van der Waals surface area contributed by atoms with E-state index in [1.807, 2.05) is 13.1 Å². The molecule has 2 aromatic heterocycles. The molecule has 118 valence electrons. The molecule has 0 bridgehead atoms. The largest absolute Gasteiger partial charge is 0.384 e. The summed E-state index contributed by atoms with van der Waals surface area (Å²) in [6, 6.07) is 1.58. The fourth-order valence-corrected chi connectivity index (χ4v) is 2.86. The Bertz CT molecular complexity index is 676. The number of fused-ring (bicyclic) bond motifs is 1. The summed E-state index contributed by atoms with van der Waals surface area (Å²) in [5, 5.41) is 3.82. The Morgan fingerprint density at radius 3 is 3.00 bits per heavy atom. The van der Waals surface area contributed by atoms with Gasteiger partial charge in [0, 0.05) is 44.6 Å². The second kappa shape index (κ2) is 5.92. The number of rotatable bonds is 4. The first kappa shape index (κ1) is 14.8. The van der Waals surface area contributed by atoms with E-state index in [-0.39, 0.29) is 11.9 Å². The van der Waals surface area contributed by atoms with Gasteiger partial charge in [-0.05, 0) is 13.8 Å². The number of ether oxygens (including phenoxy) is 1. The molecule has 1 aliphatic heterocycles. The van der Waals surface area contributed by atoms with Gasteiger partial charge in [-0.15, -0.1) is 0 Å². The number of carbonyl (C=O) groups is 1. The Labute approximate surface area is 128 Å². The third kappa shape index (κ3) is 2.52. The van der Waals surface area contributed by atoms with E-state index in [1.165, 1.54) is 0 Å². The van der Waals surface area contributed by atoms with E-state index < -0.39 is 0 Å². The van der Waals surface area contributed by atoms with Crippen molar-refractivity contribution >= 4 is 5.91 Å². The third-order valence-electron chi connectivity index (χ3n) is 4.05. The topological polar surface area (TPSA) is 73.4 Å². The summed E-state index contributed by atoms with van der Waals surface area (Å²) in [6.45, 7) is 5.80. The summed E-state index contributed by atoms with van der Waals surface area (Å²) in [7, 11) is 1.69. The molecule has 0 saturated heterocycles. The first-order valence-corrected chi connectivity index (χ1v) is 7.39. The zero-order valence-corrected chi connectivity index (χ0v) is 13.1. The summed E-state index contributed by atoms with van der Waals surface area (Å²) >= 11 is 0. The van der Waals surface area contributed by atoms with Crippen LogP contribution in [0.4, 0.5) is 0 Å². The van der Waals surface area contributed by atoms with Gasteiger partial charge in [0.25, 0.3) is 5.91 Å². The van der Waals surface area contributed by atoms with Gasteiger partial charge in [-0.2, -0.15) is 0 Å². The summed E-state index contributed by atoms with van der Waals surface area (Å²) in [5.41, 5.74) is 1.50. The summed E-state index contributed by atoms with van der Waals surface area (Å²) in [5.74, 6) is 1.43. The quantitative estimate of drug-likeness (QED) is 0.857. The molecular formula is C15H20N4O3. The summed E-state index contributed by atoms with van der Waals surface area (Å²) in [6.07, 6.45) is 2.70. The molecule has 2 aromatic rings. The molecule has 3 rings (SSSR count). The number of carbonyl (C=O) groups excluding carboxylic acids is 1. The van der Waals surface area contributed by atoms with Crippen molar-refractivity contribution in [2.75, 3.05) is 20.3 Å². The van der Waals surface area contributed by atoms with Crippen molar-refractivity contribution in [3.05, 3.63) is 35.2 Å². The lowest BCUT2D eigenvalue weighted by molar-refractivity contribution is 0.0625. The number of hydrogen-bond donors (Lipinski definition) is 0. The van der Waals surface area contributed by atoms with E-state index in [9.17, 15) is 4.79 Å². The molecule has 0 radical (unpaired) electrons. The van der Waals surface area contributed by atoms with Crippen LogP contribution >= 0.6 is 0 Å². The Morgan fingerprint density at radius 2 is 2.32 bits per heavy atom. The van der Waals surface area contributed by atoms with Gasteiger partial charge in [0.15, 0.2) is 5.69 Å². The van der Waals surface area contributed by atoms with Crippen molar-refractivity contribution < 1.29 is 14.1 Å². The fourth-order valence-electron chi connectivity index (χ4n) is 2.86. The van der Waals surface area contributed by atoms with Crippen LogP contribution in [0.2, 0.25) is 0 Å². The second-order valence-electron chi connectivity index (χ2n) is 5.50. The Kier molecular flexibility index (Phi) is 3.98. The van der Waals surface area contributed by atoms with Crippen molar-refractivity contribution in [2.24, 2.45) is 0 Å². The molecule has 0 unspecified atom stereocenters. The second-order valence-corrected chi connectivity index (χ2v) is 5.50. The zero-order chi connectivity index (χ0) is 15.7. The molecular weight excluding hydrogens is 284 g/mol. The van der Waals surface area contributed by atoms with Gasteiger partial charge in [-0.3, -0.25) is 4.79 Å². The van der Waals surface area contributed by atoms with Crippen LogP contribution in [0.3, 0.4) is 0 Å². The minimum Gasteiger partial charge on any atom is -0.384 e. The molecule has 0 aliphatic carbocycles. The molecule has 1 aliphatic rings. The van der Waals surface area contributed by atoms with Crippen LogP contribution in [-0.4, -0.2) is 45.8 Å². The van der Waals surface area contributed by atoms with Crippen LogP contribution in [0, 0.1) is 6.92 Å². The standard InChI is InChI=1S/C15H20N4O3/c1-10-8-13(17-22-10)15(20)18-5-6-19-12(4-7-21-3)9-16-14(19)11(18)2/h8-9,11H,4-7H2,1-3H3/t11-/m0/s1. The van der Waals surface area contributed by atoms with Crippen LogP contribution in [0.15, 0.2) is 16.8 Å². The van der Waals surface area contributed by atoms with E-state index in [0.717, 1.165) is 24.5 Å². The van der Waals surface area contributed by atoms with Crippen LogP contribution in [-0.2, 0) is 17.7 Å². The molecule has 0 N–H and O–H groups in total. The van der Waals surface area contributed by atoms with Crippen molar-refractivity contribution in [2.45, 2.75) is 32.9 Å². The molecule has 0 saturated carbocycles. The van der Waals surface area contributed by atoms with E-state index in [0.29, 0.717) is 24.6 Å². The lowest BCUT2D eigenvalue weighted by Crippen LogP contribution is -2.41. The molecule has 1 atom stereocenters. The van der Waals surface area contributed by atoms with E-state index in [1.54, 1.807) is 25.0 Å². The number of hydrogen-bond acceptors (Lipinski definition) is 5. The molecule has 7 nitrogen and oxygen atoms in total. The maximum Gasteiger partial charge on any atom is 0.276 e. The van der Waals surface area contributed by atoms with Crippen LogP contribution < -0.4 is 0 Å². The van der Waals surface area contributed by atoms with Gasteiger partial charge in [-0.25, -0.2) is 4.98 Å². The van der Waals surface area contributed by atoms with Gasteiger partial charge >= 0.3 is 0 Å². The van der Waals surface area contributed by atoms with Gasteiger partial charge in [0.05, 0.1) is 12.6 Å².